The number of carbonyl (C=O) groups is 2. The molecule has 6 atom stereocenters. The molecule has 2 aliphatic heterocycles. The number of halogens is 1. The second-order valence-corrected chi connectivity index (χ2v) is 9.77. The molecule has 176 valence electrons. The number of aliphatic carboxylic acids is 1. The number of amides is 1. The van der Waals surface area contributed by atoms with Crippen molar-refractivity contribution in [3.8, 4) is 0 Å². The van der Waals surface area contributed by atoms with E-state index in [9.17, 15) is 14.7 Å². The molecule has 0 spiro atoms. The van der Waals surface area contributed by atoms with Crippen LogP contribution in [0.1, 0.15) is 18.8 Å². The molecule has 2 aromatic rings. The number of thioether (sulfide) groups is 1. The summed E-state index contributed by atoms with van der Waals surface area (Å²) in [5.41, 5.74) is 0.283. The van der Waals surface area contributed by atoms with Crippen molar-refractivity contribution >= 4 is 39.6 Å². The molecule has 2 aliphatic rings. The molecule has 1 amide bonds. The van der Waals surface area contributed by atoms with E-state index in [1.165, 1.54) is 18.7 Å². The number of rotatable bonds is 7. The summed E-state index contributed by atoms with van der Waals surface area (Å²) in [6.07, 6.45) is -2.55. The monoisotopic (exact) mass is 537 g/mol. The Morgan fingerprint density at radius 3 is 2.55 bits per heavy atom. The van der Waals surface area contributed by atoms with Crippen molar-refractivity contribution in [2.75, 3.05) is 13.2 Å². The van der Waals surface area contributed by atoms with E-state index >= 15 is 0 Å². The van der Waals surface area contributed by atoms with E-state index in [4.69, 9.17) is 18.9 Å². The van der Waals surface area contributed by atoms with Crippen molar-refractivity contribution in [2.45, 2.75) is 47.9 Å². The lowest BCUT2D eigenvalue weighted by Crippen LogP contribution is -2.66. The van der Waals surface area contributed by atoms with Crippen LogP contribution in [0, 0.1) is 0 Å². The van der Waals surface area contributed by atoms with Crippen LogP contribution < -0.4 is 5.32 Å². The van der Waals surface area contributed by atoms with E-state index in [0.717, 1.165) is 14.9 Å². The standard InChI is InChI=1S/C23H24BrNO7S/c1-13(26)25-19-21(29-12-18(27)28)20-17(11-30-22(32-20)14-5-3-2-4-6-14)31-23(19)33-16-9-7-15(24)8-10-16/h2-10,17,19-23H,11-12H2,1H3,(H,25,26)(H,27,28). The third-order valence-electron chi connectivity index (χ3n) is 5.25. The quantitative estimate of drug-likeness (QED) is 0.554. The Kier molecular flexibility index (Phi) is 8.05. The predicted octanol–water partition coefficient (Wildman–Crippen LogP) is 3.35. The summed E-state index contributed by atoms with van der Waals surface area (Å²) in [5.74, 6) is -1.39. The first-order valence-corrected chi connectivity index (χ1v) is 12.1. The highest BCUT2D eigenvalue weighted by Gasteiger charge is 2.51. The van der Waals surface area contributed by atoms with Gasteiger partial charge in [-0.25, -0.2) is 4.79 Å². The summed E-state index contributed by atoms with van der Waals surface area (Å²) in [6, 6.07) is 16.5. The van der Waals surface area contributed by atoms with Crippen LogP contribution in [0.3, 0.4) is 0 Å². The molecule has 0 aliphatic carbocycles. The molecule has 8 nitrogen and oxygen atoms in total. The van der Waals surface area contributed by atoms with Crippen LogP contribution in [0.25, 0.3) is 0 Å². The van der Waals surface area contributed by atoms with E-state index in [2.05, 4.69) is 21.2 Å². The van der Waals surface area contributed by atoms with Gasteiger partial charge in [-0.3, -0.25) is 4.79 Å². The first-order chi connectivity index (χ1) is 15.9. The second-order valence-electron chi connectivity index (χ2n) is 7.69. The zero-order chi connectivity index (χ0) is 23.4. The fraction of sp³-hybridized carbons (Fsp3) is 0.391. The Hall–Kier alpha value is -1.95. The van der Waals surface area contributed by atoms with Crippen molar-refractivity contribution in [1.82, 2.24) is 5.32 Å². The van der Waals surface area contributed by atoms with Crippen LogP contribution >= 0.6 is 27.7 Å². The van der Waals surface area contributed by atoms with Gasteiger partial charge in [-0.2, -0.15) is 0 Å². The number of carboxylic acid groups (broad SMARTS) is 1. The number of hydrogen-bond donors (Lipinski definition) is 2. The van der Waals surface area contributed by atoms with Crippen molar-refractivity contribution in [3.63, 3.8) is 0 Å². The fourth-order valence-electron chi connectivity index (χ4n) is 3.85. The van der Waals surface area contributed by atoms with Crippen molar-refractivity contribution in [2.24, 2.45) is 0 Å². The molecule has 4 rings (SSSR count). The van der Waals surface area contributed by atoms with Gasteiger partial charge in [-0.15, -0.1) is 0 Å². The molecule has 2 aromatic carbocycles. The summed E-state index contributed by atoms with van der Waals surface area (Å²) in [5, 5.41) is 12.1. The summed E-state index contributed by atoms with van der Waals surface area (Å²) >= 11 is 4.84. The average Bonchev–Trinajstić information content (AvgIpc) is 2.80. The molecule has 2 N–H and O–H groups in total. The Morgan fingerprint density at radius 2 is 1.88 bits per heavy atom. The summed E-state index contributed by atoms with van der Waals surface area (Å²) < 4.78 is 25.2. The summed E-state index contributed by atoms with van der Waals surface area (Å²) in [7, 11) is 0. The van der Waals surface area contributed by atoms with E-state index in [1.54, 1.807) is 0 Å². The number of ether oxygens (including phenoxy) is 4. The average molecular weight is 538 g/mol. The van der Waals surface area contributed by atoms with Gasteiger partial charge in [0.2, 0.25) is 5.91 Å². The molecule has 0 radical (unpaired) electrons. The number of fused-ring (bicyclic) bond motifs is 1. The van der Waals surface area contributed by atoms with Gasteiger partial charge < -0.3 is 29.4 Å². The second kappa shape index (κ2) is 11.0. The molecule has 0 saturated carbocycles. The molecule has 6 unspecified atom stereocenters. The van der Waals surface area contributed by atoms with Gasteiger partial charge >= 0.3 is 5.97 Å². The Bertz CT molecular complexity index is 961. The lowest BCUT2D eigenvalue weighted by atomic mass is 9.96. The maximum atomic E-state index is 12.1. The van der Waals surface area contributed by atoms with Gasteiger partial charge in [0, 0.05) is 21.9 Å². The van der Waals surface area contributed by atoms with Gasteiger partial charge in [0.05, 0.1) is 12.6 Å². The lowest BCUT2D eigenvalue weighted by Gasteiger charge is -2.49. The minimum atomic E-state index is -1.11. The molecule has 10 heteroatoms. The maximum absolute atomic E-state index is 12.1. The van der Waals surface area contributed by atoms with E-state index < -0.39 is 48.7 Å². The van der Waals surface area contributed by atoms with Crippen LogP contribution in [0.4, 0.5) is 0 Å². The Labute approximate surface area is 204 Å². The highest BCUT2D eigenvalue weighted by atomic mass is 79.9. The topological polar surface area (TPSA) is 103 Å². The zero-order valence-corrected chi connectivity index (χ0v) is 20.2. The molecule has 2 heterocycles. The molecule has 0 bridgehead atoms. The molecular formula is C23H24BrNO7S. The number of benzene rings is 2. The Balaban J connectivity index is 1.61. The van der Waals surface area contributed by atoms with Crippen molar-refractivity contribution in [3.05, 3.63) is 64.6 Å². The molecular weight excluding hydrogens is 514 g/mol. The summed E-state index contributed by atoms with van der Waals surface area (Å²) in [4.78, 5) is 24.3. The van der Waals surface area contributed by atoms with E-state index in [-0.39, 0.29) is 12.5 Å². The minimum Gasteiger partial charge on any atom is -0.480 e. The van der Waals surface area contributed by atoms with Crippen LogP contribution in [0.2, 0.25) is 0 Å². The molecule has 0 aromatic heterocycles. The van der Waals surface area contributed by atoms with Gasteiger partial charge in [0.25, 0.3) is 0 Å². The highest BCUT2D eigenvalue weighted by molar-refractivity contribution is 9.10. The Morgan fingerprint density at radius 1 is 1.15 bits per heavy atom. The molecule has 2 saturated heterocycles. The maximum Gasteiger partial charge on any atom is 0.329 e. The van der Waals surface area contributed by atoms with Crippen LogP contribution in [0.5, 0.6) is 0 Å². The number of carboxylic acids is 1. The number of carbonyl (C=O) groups excluding carboxylic acids is 1. The van der Waals surface area contributed by atoms with Gasteiger partial charge in [-0.05, 0) is 24.3 Å². The highest BCUT2D eigenvalue weighted by Crippen LogP contribution is 2.40. The van der Waals surface area contributed by atoms with E-state index in [0.29, 0.717) is 0 Å². The van der Waals surface area contributed by atoms with Gasteiger partial charge in [-0.1, -0.05) is 58.0 Å². The first-order valence-electron chi connectivity index (χ1n) is 10.4. The van der Waals surface area contributed by atoms with Crippen molar-refractivity contribution in [1.29, 1.82) is 0 Å². The number of hydrogen-bond acceptors (Lipinski definition) is 7. The molecule has 2 fully saturated rings. The first kappa shape index (κ1) is 24.2. The number of nitrogens with one attached hydrogen (secondary N) is 1. The van der Waals surface area contributed by atoms with Gasteiger partial charge in [0.1, 0.15) is 30.4 Å². The van der Waals surface area contributed by atoms with Crippen LogP contribution in [0.15, 0.2) is 64.0 Å². The molecule has 33 heavy (non-hydrogen) atoms. The zero-order valence-electron chi connectivity index (χ0n) is 17.8. The van der Waals surface area contributed by atoms with Gasteiger partial charge in [0.15, 0.2) is 6.29 Å². The lowest BCUT2D eigenvalue weighted by molar-refractivity contribution is -0.311. The smallest absolute Gasteiger partial charge is 0.329 e. The summed E-state index contributed by atoms with van der Waals surface area (Å²) in [6.45, 7) is 1.11. The SMILES string of the molecule is CC(=O)NC1C(Sc2ccc(Br)cc2)OC2COC(c3ccccc3)OC2C1OCC(=O)O. The van der Waals surface area contributed by atoms with Crippen LogP contribution in [-0.4, -0.2) is 60.0 Å². The fourth-order valence-corrected chi connectivity index (χ4v) is 5.25. The third kappa shape index (κ3) is 6.14. The largest absolute Gasteiger partial charge is 0.480 e. The van der Waals surface area contributed by atoms with Crippen molar-refractivity contribution < 1.29 is 33.6 Å². The van der Waals surface area contributed by atoms with E-state index in [1.807, 2.05) is 54.6 Å². The van der Waals surface area contributed by atoms with Crippen LogP contribution in [-0.2, 0) is 28.5 Å². The normalized spacial score (nSPS) is 29.2. The minimum absolute atomic E-state index is 0.237. The third-order valence-corrected chi connectivity index (χ3v) is 6.96. The predicted molar refractivity (Wildman–Crippen MR) is 124 cm³/mol.